The Kier molecular flexibility index (Phi) is 5.64. The Morgan fingerprint density at radius 1 is 1.11 bits per heavy atom. The molecule has 5 nitrogen and oxygen atoms in total. The highest BCUT2D eigenvalue weighted by Gasteiger charge is 2.20. The van der Waals surface area contributed by atoms with Crippen molar-refractivity contribution in [1.29, 1.82) is 0 Å². The van der Waals surface area contributed by atoms with Crippen LogP contribution in [0.3, 0.4) is 0 Å². The lowest BCUT2D eigenvalue weighted by Gasteiger charge is -2.17. The summed E-state index contributed by atoms with van der Waals surface area (Å²) in [6, 6.07) is 14.9. The number of carbonyl (C=O) groups is 2. The molecule has 0 aliphatic carbocycles. The Morgan fingerprint density at radius 2 is 1.82 bits per heavy atom. The predicted molar refractivity (Wildman–Crippen MR) is 110 cm³/mol. The van der Waals surface area contributed by atoms with E-state index in [4.69, 9.17) is 4.74 Å². The van der Waals surface area contributed by atoms with Crippen LogP contribution in [0.1, 0.15) is 41.8 Å². The summed E-state index contributed by atoms with van der Waals surface area (Å²) in [5.74, 6) is 0.0464. The van der Waals surface area contributed by atoms with Gasteiger partial charge in [-0.05, 0) is 35.6 Å². The molecule has 0 saturated heterocycles. The van der Waals surface area contributed by atoms with E-state index < -0.39 is 0 Å². The van der Waals surface area contributed by atoms with Crippen LogP contribution in [-0.4, -0.2) is 16.8 Å². The number of phenols is 1. The predicted octanol–water partition coefficient (Wildman–Crippen LogP) is 4.98. The number of aromatic hydroxyl groups is 1. The van der Waals surface area contributed by atoms with Gasteiger partial charge in [-0.25, -0.2) is 0 Å². The molecule has 0 aromatic heterocycles. The molecule has 0 fully saturated rings. The molecular weight excluding hydrogens is 354 g/mol. The number of rotatable bonds is 6. The Bertz CT molecular complexity index is 1040. The molecule has 144 valence electrons. The third-order valence-electron chi connectivity index (χ3n) is 4.52. The maximum absolute atomic E-state index is 12.6. The lowest BCUT2D eigenvalue weighted by atomic mass is 9.95. The number of ketones is 1. The first-order chi connectivity index (χ1) is 13.4. The minimum Gasteiger partial charge on any atom is -0.507 e. The molecule has 0 heterocycles. The van der Waals surface area contributed by atoms with Crippen molar-refractivity contribution in [1.82, 2.24) is 0 Å². The van der Waals surface area contributed by atoms with E-state index in [1.807, 2.05) is 30.3 Å². The number of benzene rings is 3. The Hall–Kier alpha value is -3.34. The summed E-state index contributed by atoms with van der Waals surface area (Å²) in [6.45, 7) is 5.24. The summed E-state index contributed by atoms with van der Waals surface area (Å²) in [5, 5.41) is 14.6. The van der Waals surface area contributed by atoms with E-state index in [1.54, 1.807) is 32.0 Å². The number of anilines is 1. The molecular formula is C23H23NO4. The van der Waals surface area contributed by atoms with Gasteiger partial charge in [-0.1, -0.05) is 37.3 Å². The molecule has 3 aromatic carbocycles. The molecule has 0 atom stereocenters. The van der Waals surface area contributed by atoms with Crippen LogP contribution in [0.25, 0.3) is 10.8 Å². The number of amides is 1. The molecule has 1 amide bonds. The lowest BCUT2D eigenvalue weighted by molar-refractivity contribution is -0.114. The standard InChI is InChI=1S/C23H23NO4/c1-4-19(26)22-21-17(10-14(2)23(22)27)11-18(24-15(3)25)12-20(21)28-13-16-8-6-5-7-9-16/h5-12,27H,4,13H2,1-3H3,(H,24,25). The minimum atomic E-state index is -0.200. The van der Waals surface area contributed by atoms with Gasteiger partial charge in [-0.3, -0.25) is 9.59 Å². The molecule has 3 rings (SSSR count). The third kappa shape index (κ3) is 3.98. The molecule has 3 aromatic rings. The van der Waals surface area contributed by atoms with Gasteiger partial charge in [-0.15, -0.1) is 0 Å². The van der Waals surface area contributed by atoms with Crippen LogP contribution in [0, 0.1) is 6.92 Å². The largest absolute Gasteiger partial charge is 0.507 e. The quantitative estimate of drug-likeness (QED) is 0.594. The number of ether oxygens (including phenoxy) is 1. The maximum atomic E-state index is 12.6. The minimum absolute atomic E-state index is 0.0313. The lowest BCUT2D eigenvalue weighted by Crippen LogP contribution is -2.08. The summed E-state index contributed by atoms with van der Waals surface area (Å²) in [5.41, 5.74) is 2.40. The second-order valence-electron chi connectivity index (χ2n) is 6.72. The zero-order valence-corrected chi connectivity index (χ0v) is 16.2. The van der Waals surface area contributed by atoms with Crippen molar-refractivity contribution < 1.29 is 19.4 Å². The van der Waals surface area contributed by atoms with Crippen LogP contribution in [0.4, 0.5) is 5.69 Å². The summed E-state index contributed by atoms with van der Waals surface area (Å²) >= 11 is 0. The van der Waals surface area contributed by atoms with Gasteiger partial charge in [-0.2, -0.15) is 0 Å². The number of aryl methyl sites for hydroxylation is 1. The molecule has 0 bridgehead atoms. The molecule has 5 heteroatoms. The maximum Gasteiger partial charge on any atom is 0.221 e. The first kappa shape index (κ1) is 19.4. The summed E-state index contributed by atoms with van der Waals surface area (Å²) < 4.78 is 6.04. The molecule has 0 saturated carbocycles. The average molecular weight is 377 g/mol. The first-order valence-corrected chi connectivity index (χ1v) is 9.18. The summed E-state index contributed by atoms with van der Waals surface area (Å²) in [7, 11) is 0. The highest BCUT2D eigenvalue weighted by atomic mass is 16.5. The zero-order chi connectivity index (χ0) is 20.3. The van der Waals surface area contributed by atoms with Crippen molar-refractivity contribution >= 4 is 28.2 Å². The fourth-order valence-electron chi connectivity index (χ4n) is 3.21. The molecule has 0 aliphatic heterocycles. The van der Waals surface area contributed by atoms with Gasteiger partial charge < -0.3 is 15.2 Å². The fourth-order valence-corrected chi connectivity index (χ4v) is 3.21. The smallest absolute Gasteiger partial charge is 0.221 e. The molecule has 0 aliphatic rings. The van der Waals surface area contributed by atoms with E-state index in [0.29, 0.717) is 29.0 Å². The van der Waals surface area contributed by atoms with E-state index in [1.165, 1.54) is 6.92 Å². The van der Waals surface area contributed by atoms with Gasteiger partial charge in [0.1, 0.15) is 18.1 Å². The van der Waals surface area contributed by atoms with Crippen molar-refractivity contribution in [2.75, 3.05) is 5.32 Å². The third-order valence-corrected chi connectivity index (χ3v) is 4.52. The van der Waals surface area contributed by atoms with Crippen molar-refractivity contribution in [2.45, 2.75) is 33.8 Å². The molecule has 2 N–H and O–H groups in total. The van der Waals surface area contributed by atoms with Crippen LogP contribution in [-0.2, 0) is 11.4 Å². The van der Waals surface area contributed by atoms with Gasteiger partial charge in [0.25, 0.3) is 0 Å². The Morgan fingerprint density at radius 3 is 2.46 bits per heavy atom. The van der Waals surface area contributed by atoms with Crippen LogP contribution < -0.4 is 10.1 Å². The van der Waals surface area contributed by atoms with Crippen LogP contribution in [0.2, 0.25) is 0 Å². The number of carbonyl (C=O) groups excluding carboxylic acids is 2. The number of fused-ring (bicyclic) bond motifs is 1. The SMILES string of the molecule is CCC(=O)c1c(O)c(C)cc2cc(NC(C)=O)cc(OCc3ccccc3)c12. The van der Waals surface area contributed by atoms with Crippen LogP contribution in [0.5, 0.6) is 11.5 Å². The van der Waals surface area contributed by atoms with Gasteiger partial charge >= 0.3 is 0 Å². The topological polar surface area (TPSA) is 75.6 Å². The number of nitrogens with one attached hydrogen (secondary N) is 1. The van der Waals surface area contributed by atoms with E-state index in [-0.39, 0.29) is 29.4 Å². The highest BCUT2D eigenvalue weighted by Crippen LogP contribution is 2.39. The second-order valence-corrected chi connectivity index (χ2v) is 6.72. The number of hydrogen-bond donors (Lipinski definition) is 2. The second kappa shape index (κ2) is 8.13. The van der Waals surface area contributed by atoms with Crippen LogP contribution in [0.15, 0.2) is 48.5 Å². The molecule has 28 heavy (non-hydrogen) atoms. The van der Waals surface area contributed by atoms with Crippen molar-refractivity contribution in [2.24, 2.45) is 0 Å². The number of Topliss-reactive ketones (excluding diaryl/α,β-unsaturated/α-hetero) is 1. The molecule has 0 unspecified atom stereocenters. The highest BCUT2D eigenvalue weighted by molar-refractivity contribution is 6.13. The first-order valence-electron chi connectivity index (χ1n) is 9.18. The van der Waals surface area contributed by atoms with Crippen molar-refractivity contribution in [3.8, 4) is 11.5 Å². The van der Waals surface area contributed by atoms with Gasteiger partial charge in [0.15, 0.2) is 5.78 Å². The van der Waals surface area contributed by atoms with E-state index in [9.17, 15) is 14.7 Å². The van der Waals surface area contributed by atoms with Gasteiger partial charge in [0.05, 0.1) is 5.56 Å². The van der Waals surface area contributed by atoms with Gasteiger partial charge in [0, 0.05) is 30.5 Å². The Labute approximate surface area is 164 Å². The Balaban J connectivity index is 2.20. The normalized spacial score (nSPS) is 10.7. The average Bonchev–Trinajstić information content (AvgIpc) is 2.67. The monoisotopic (exact) mass is 377 g/mol. The van der Waals surface area contributed by atoms with E-state index in [0.717, 1.165) is 10.9 Å². The summed E-state index contributed by atoms with van der Waals surface area (Å²) in [4.78, 5) is 24.1. The fraction of sp³-hybridized carbons (Fsp3) is 0.217. The van der Waals surface area contributed by atoms with Crippen LogP contribution >= 0.6 is 0 Å². The van der Waals surface area contributed by atoms with E-state index in [2.05, 4.69) is 5.32 Å². The zero-order valence-electron chi connectivity index (χ0n) is 16.2. The van der Waals surface area contributed by atoms with Crippen molar-refractivity contribution in [3.05, 3.63) is 65.2 Å². The summed E-state index contributed by atoms with van der Waals surface area (Å²) in [6.07, 6.45) is 0.262. The number of hydrogen-bond acceptors (Lipinski definition) is 4. The van der Waals surface area contributed by atoms with E-state index >= 15 is 0 Å². The number of phenolic OH excluding ortho intramolecular Hbond substituents is 1. The van der Waals surface area contributed by atoms with Crippen molar-refractivity contribution in [3.63, 3.8) is 0 Å². The molecule has 0 spiro atoms. The molecule has 0 radical (unpaired) electrons. The van der Waals surface area contributed by atoms with Gasteiger partial charge in [0.2, 0.25) is 5.91 Å².